The number of rotatable bonds is 10. The molecule has 0 aliphatic rings. The van der Waals surface area contributed by atoms with Gasteiger partial charge in [0, 0.05) is 26.7 Å². The molecule has 0 aliphatic heterocycles. The summed E-state index contributed by atoms with van der Waals surface area (Å²) in [4.78, 5) is 4.13. The average molecular weight is 484 g/mol. The Hall–Kier alpha value is -1.07. The van der Waals surface area contributed by atoms with E-state index in [1.807, 2.05) is 37.3 Å². The predicted molar refractivity (Wildman–Crippen MR) is 113 cm³/mol. The van der Waals surface area contributed by atoms with Crippen LogP contribution < -0.4 is 15.4 Å². The molecule has 9 heteroatoms. The minimum Gasteiger partial charge on any atom is -0.492 e. The van der Waals surface area contributed by atoms with Crippen LogP contribution in [0, 0.1) is 0 Å². The van der Waals surface area contributed by atoms with Crippen molar-refractivity contribution in [2.24, 2.45) is 4.99 Å². The minimum absolute atomic E-state index is 0. The predicted octanol–water partition coefficient (Wildman–Crippen LogP) is 1.52. The molecule has 1 aromatic rings. The zero-order valence-electron chi connectivity index (χ0n) is 15.1. The number of nitrogens with zero attached hydrogens (tertiary/aromatic N) is 2. The molecule has 0 saturated carbocycles. The van der Waals surface area contributed by atoms with E-state index in [0.717, 1.165) is 5.75 Å². The first-order chi connectivity index (χ1) is 11.5. The van der Waals surface area contributed by atoms with Crippen LogP contribution in [0.5, 0.6) is 5.75 Å². The number of aliphatic imine (C=N–C) groups is 1. The maximum absolute atomic E-state index is 11.5. The first kappa shape index (κ1) is 23.9. The van der Waals surface area contributed by atoms with Crippen molar-refractivity contribution >= 4 is 40.0 Å². The van der Waals surface area contributed by atoms with Gasteiger partial charge in [-0.3, -0.25) is 4.99 Å². The van der Waals surface area contributed by atoms with Crippen molar-refractivity contribution in [3.8, 4) is 5.75 Å². The summed E-state index contributed by atoms with van der Waals surface area (Å²) < 4.78 is 30.0. The molecule has 0 radical (unpaired) electrons. The Bertz CT molecular complexity index is 597. The highest BCUT2D eigenvalue weighted by atomic mass is 127. The van der Waals surface area contributed by atoms with Gasteiger partial charge in [0.15, 0.2) is 5.96 Å². The molecule has 0 atom stereocenters. The van der Waals surface area contributed by atoms with E-state index in [-0.39, 0.29) is 24.0 Å². The SMILES string of the molecule is CCN(CCCNC(=NC)NCCOc1ccccc1)S(C)(=O)=O.I. The standard InChI is InChI=1S/C16H28N4O3S.HI/c1-4-20(24(3,21)22)13-8-11-18-16(17-2)19-12-14-23-15-9-6-5-7-10-15;/h5-7,9-10H,4,8,11-14H2,1-3H3,(H2,17,18,19);1H. The Morgan fingerprint density at radius 1 is 1.20 bits per heavy atom. The molecule has 0 spiro atoms. The smallest absolute Gasteiger partial charge is 0.211 e. The molecule has 144 valence electrons. The molecule has 7 nitrogen and oxygen atoms in total. The molecule has 25 heavy (non-hydrogen) atoms. The number of benzene rings is 1. The number of halogens is 1. The van der Waals surface area contributed by atoms with E-state index in [9.17, 15) is 8.42 Å². The van der Waals surface area contributed by atoms with Gasteiger partial charge in [-0.1, -0.05) is 25.1 Å². The van der Waals surface area contributed by atoms with Gasteiger partial charge in [0.25, 0.3) is 0 Å². The van der Waals surface area contributed by atoms with Crippen molar-refractivity contribution < 1.29 is 13.2 Å². The normalized spacial score (nSPS) is 11.8. The molecule has 2 N–H and O–H groups in total. The van der Waals surface area contributed by atoms with E-state index < -0.39 is 10.0 Å². The topological polar surface area (TPSA) is 83.0 Å². The second kappa shape index (κ2) is 13.2. The summed E-state index contributed by atoms with van der Waals surface area (Å²) >= 11 is 0. The number of hydrogen-bond donors (Lipinski definition) is 2. The maximum atomic E-state index is 11.5. The van der Waals surface area contributed by atoms with Gasteiger partial charge in [-0.15, -0.1) is 24.0 Å². The van der Waals surface area contributed by atoms with Crippen LogP contribution in [0.3, 0.4) is 0 Å². The number of hydrogen-bond acceptors (Lipinski definition) is 4. The van der Waals surface area contributed by atoms with Crippen molar-refractivity contribution in [2.45, 2.75) is 13.3 Å². The number of nitrogens with one attached hydrogen (secondary N) is 2. The average Bonchev–Trinajstić information content (AvgIpc) is 2.56. The zero-order chi connectivity index (χ0) is 17.8. The molecule has 0 unspecified atom stereocenters. The molecule has 0 heterocycles. The quantitative estimate of drug-likeness (QED) is 0.228. The van der Waals surface area contributed by atoms with Crippen LogP contribution in [-0.2, 0) is 10.0 Å². The number of guanidine groups is 1. The molecule has 1 rings (SSSR count). The molecule has 0 bridgehead atoms. The highest BCUT2D eigenvalue weighted by Crippen LogP contribution is 2.07. The van der Waals surface area contributed by atoms with E-state index in [1.54, 1.807) is 7.05 Å². The summed E-state index contributed by atoms with van der Waals surface area (Å²) in [5.41, 5.74) is 0. The van der Waals surface area contributed by atoms with Gasteiger partial charge in [-0.25, -0.2) is 12.7 Å². The lowest BCUT2D eigenvalue weighted by Crippen LogP contribution is -2.40. The number of ether oxygens (including phenoxy) is 1. The van der Waals surface area contributed by atoms with Gasteiger partial charge in [0.2, 0.25) is 10.0 Å². The summed E-state index contributed by atoms with van der Waals surface area (Å²) in [5, 5.41) is 6.31. The fourth-order valence-corrected chi connectivity index (χ4v) is 3.03. The minimum atomic E-state index is -3.12. The van der Waals surface area contributed by atoms with Gasteiger partial charge < -0.3 is 15.4 Å². The molecule has 0 aromatic heterocycles. The lowest BCUT2D eigenvalue weighted by atomic mass is 10.3. The Morgan fingerprint density at radius 2 is 1.84 bits per heavy atom. The van der Waals surface area contributed by atoms with Crippen LogP contribution in [0.15, 0.2) is 35.3 Å². The summed E-state index contributed by atoms with van der Waals surface area (Å²) in [6.07, 6.45) is 1.94. The van der Waals surface area contributed by atoms with E-state index in [0.29, 0.717) is 45.2 Å². The first-order valence-corrected chi connectivity index (χ1v) is 9.89. The lowest BCUT2D eigenvalue weighted by molar-refractivity contribution is 0.322. The van der Waals surface area contributed by atoms with Crippen LogP contribution in [0.2, 0.25) is 0 Å². The van der Waals surface area contributed by atoms with Crippen LogP contribution in [0.1, 0.15) is 13.3 Å². The number of sulfonamides is 1. The third kappa shape index (κ3) is 10.5. The third-order valence-corrected chi connectivity index (χ3v) is 4.71. The van der Waals surface area contributed by atoms with E-state index in [1.165, 1.54) is 10.6 Å². The Kier molecular flexibility index (Phi) is 12.6. The van der Waals surface area contributed by atoms with Crippen LogP contribution in [-0.4, -0.2) is 64.8 Å². The van der Waals surface area contributed by atoms with Gasteiger partial charge in [-0.05, 0) is 18.6 Å². The zero-order valence-corrected chi connectivity index (χ0v) is 18.2. The fourth-order valence-electron chi connectivity index (χ4n) is 2.10. The molecule has 1 aromatic carbocycles. The summed E-state index contributed by atoms with van der Waals surface area (Å²) in [6, 6.07) is 9.63. The molecule has 0 aliphatic carbocycles. The Morgan fingerprint density at radius 3 is 2.40 bits per heavy atom. The van der Waals surface area contributed by atoms with Crippen molar-refractivity contribution in [1.29, 1.82) is 0 Å². The summed E-state index contributed by atoms with van der Waals surface area (Å²) in [5.74, 6) is 1.51. The largest absolute Gasteiger partial charge is 0.492 e. The molecular formula is C16H29IN4O3S. The third-order valence-electron chi connectivity index (χ3n) is 3.33. The van der Waals surface area contributed by atoms with Gasteiger partial charge in [0.05, 0.1) is 12.8 Å². The molecular weight excluding hydrogens is 455 g/mol. The van der Waals surface area contributed by atoms with Crippen molar-refractivity contribution in [3.63, 3.8) is 0 Å². The Labute approximate surface area is 168 Å². The molecule has 0 amide bonds. The van der Waals surface area contributed by atoms with E-state index >= 15 is 0 Å². The van der Waals surface area contributed by atoms with Crippen LogP contribution in [0.25, 0.3) is 0 Å². The summed E-state index contributed by atoms with van der Waals surface area (Å²) in [7, 11) is -1.43. The highest BCUT2D eigenvalue weighted by Gasteiger charge is 2.13. The molecule has 0 fully saturated rings. The van der Waals surface area contributed by atoms with Crippen molar-refractivity contribution in [3.05, 3.63) is 30.3 Å². The van der Waals surface area contributed by atoms with E-state index in [4.69, 9.17) is 4.74 Å². The highest BCUT2D eigenvalue weighted by molar-refractivity contribution is 14.0. The van der Waals surface area contributed by atoms with Crippen molar-refractivity contribution in [1.82, 2.24) is 14.9 Å². The summed E-state index contributed by atoms with van der Waals surface area (Å²) in [6.45, 7) is 4.62. The van der Waals surface area contributed by atoms with Crippen LogP contribution in [0.4, 0.5) is 0 Å². The van der Waals surface area contributed by atoms with Gasteiger partial charge in [-0.2, -0.15) is 0 Å². The number of para-hydroxylation sites is 1. The van der Waals surface area contributed by atoms with Gasteiger partial charge >= 0.3 is 0 Å². The van der Waals surface area contributed by atoms with Crippen molar-refractivity contribution in [2.75, 3.05) is 46.1 Å². The Balaban J connectivity index is 0.00000576. The second-order valence-corrected chi connectivity index (χ2v) is 7.18. The maximum Gasteiger partial charge on any atom is 0.211 e. The fraction of sp³-hybridized carbons (Fsp3) is 0.562. The van der Waals surface area contributed by atoms with Gasteiger partial charge in [0.1, 0.15) is 12.4 Å². The first-order valence-electron chi connectivity index (χ1n) is 8.05. The second-order valence-electron chi connectivity index (χ2n) is 5.20. The van der Waals surface area contributed by atoms with Crippen LogP contribution >= 0.6 is 24.0 Å². The molecule has 0 saturated heterocycles. The monoisotopic (exact) mass is 484 g/mol. The lowest BCUT2D eigenvalue weighted by Gasteiger charge is -2.18. The van der Waals surface area contributed by atoms with E-state index in [2.05, 4.69) is 15.6 Å².